The van der Waals surface area contributed by atoms with Crippen molar-refractivity contribution in [1.29, 1.82) is 0 Å². The second-order valence-corrected chi connectivity index (χ2v) is 3.37. The second kappa shape index (κ2) is 3.54. The fourth-order valence-electron chi connectivity index (χ4n) is 0.944. The van der Waals surface area contributed by atoms with Crippen molar-refractivity contribution in [2.24, 2.45) is 0 Å². The van der Waals surface area contributed by atoms with Crippen molar-refractivity contribution < 1.29 is 4.79 Å². The highest BCUT2D eigenvalue weighted by Gasteiger charge is 2.13. The van der Waals surface area contributed by atoms with Gasteiger partial charge in [-0.1, -0.05) is 4.49 Å². The summed E-state index contributed by atoms with van der Waals surface area (Å²) >= 11 is 1.07. The Kier molecular flexibility index (Phi) is 2.23. The van der Waals surface area contributed by atoms with Gasteiger partial charge in [-0.25, -0.2) is 0 Å². The first-order valence-corrected chi connectivity index (χ1v) is 4.64. The highest BCUT2D eigenvalue weighted by molar-refractivity contribution is 7.08. The van der Waals surface area contributed by atoms with E-state index < -0.39 is 0 Å². The van der Waals surface area contributed by atoms with Crippen LogP contribution < -0.4 is 5.32 Å². The number of nitrogens with one attached hydrogen (secondary N) is 2. The standard InChI is InChI=1S/C7H7N5OS/c1-4-6(14-12-10-4)7(13)9-5-2-3-8-11-5/h2-3H,1H3,(H2,8,9,11,13). The highest BCUT2D eigenvalue weighted by atomic mass is 32.1. The van der Waals surface area contributed by atoms with Crippen LogP contribution in [-0.4, -0.2) is 25.7 Å². The molecule has 0 aliphatic carbocycles. The van der Waals surface area contributed by atoms with Crippen LogP contribution in [-0.2, 0) is 0 Å². The molecular formula is C7H7N5OS. The topological polar surface area (TPSA) is 83.6 Å². The first kappa shape index (κ1) is 8.82. The Morgan fingerprint density at radius 1 is 1.64 bits per heavy atom. The van der Waals surface area contributed by atoms with Gasteiger partial charge in [-0.2, -0.15) is 5.10 Å². The van der Waals surface area contributed by atoms with Crippen LogP contribution in [0.4, 0.5) is 5.82 Å². The second-order valence-electron chi connectivity index (χ2n) is 2.61. The SMILES string of the molecule is Cc1nnsc1C(=O)Nc1ccn[nH]1. The van der Waals surface area contributed by atoms with Crippen LogP contribution in [0.25, 0.3) is 0 Å². The summed E-state index contributed by atoms with van der Waals surface area (Å²) in [5, 5.41) is 12.7. The number of aryl methyl sites for hydroxylation is 1. The minimum Gasteiger partial charge on any atom is -0.306 e. The number of rotatable bonds is 2. The van der Waals surface area contributed by atoms with Gasteiger partial charge in [0.05, 0.1) is 11.9 Å². The minimum atomic E-state index is -0.221. The van der Waals surface area contributed by atoms with E-state index in [1.165, 1.54) is 0 Å². The fraction of sp³-hybridized carbons (Fsp3) is 0.143. The number of nitrogens with zero attached hydrogens (tertiary/aromatic N) is 3. The quantitative estimate of drug-likeness (QED) is 0.767. The van der Waals surface area contributed by atoms with Crippen LogP contribution in [0.3, 0.4) is 0 Å². The first-order valence-electron chi connectivity index (χ1n) is 3.87. The first-order chi connectivity index (χ1) is 6.77. The van der Waals surface area contributed by atoms with Crippen LogP contribution in [0.5, 0.6) is 0 Å². The van der Waals surface area contributed by atoms with E-state index in [1.54, 1.807) is 19.2 Å². The van der Waals surface area contributed by atoms with Crippen molar-refractivity contribution in [3.05, 3.63) is 22.8 Å². The zero-order valence-corrected chi connectivity index (χ0v) is 8.13. The Morgan fingerprint density at radius 3 is 3.07 bits per heavy atom. The average molecular weight is 209 g/mol. The van der Waals surface area contributed by atoms with Gasteiger partial charge in [-0.15, -0.1) is 5.10 Å². The Hall–Kier alpha value is -1.76. The maximum absolute atomic E-state index is 11.6. The number of hydrogen-bond donors (Lipinski definition) is 2. The third-order valence-corrected chi connectivity index (χ3v) is 2.43. The molecule has 0 saturated carbocycles. The maximum atomic E-state index is 11.6. The van der Waals surface area contributed by atoms with Crippen molar-refractivity contribution >= 4 is 23.3 Å². The van der Waals surface area contributed by atoms with Gasteiger partial charge in [0, 0.05) is 6.07 Å². The molecule has 1 amide bonds. The van der Waals surface area contributed by atoms with Crippen molar-refractivity contribution in [3.8, 4) is 0 Å². The van der Waals surface area contributed by atoms with Crippen LogP contribution in [0.2, 0.25) is 0 Å². The van der Waals surface area contributed by atoms with E-state index in [0.29, 0.717) is 16.4 Å². The Bertz CT molecular complexity index is 435. The molecule has 0 unspecified atom stereocenters. The minimum absolute atomic E-state index is 0.221. The van der Waals surface area contributed by atoms with Crippen molar-refractivity contribution in [2.75, 3.05) is 5.32 Å². The van der Waals surface area contributed by atoms with E-state index in [4.69, 9.17) is 0 Å². The summed E-state index contributed by atoms with van der Waals surface area (Å²) in [6.07, 6.45) is 1.56. The zero-order valence-electron chi connectivity index (χ0n) is 7.31. The number of anilines is 1. The molecule has 0 aliphatic rings. The van der Waals surface area contributed by atoms with Gasteiger partial charge >= 0.3 is 0 Å². The lowest BCUT2D eigenvalue weighted by atomic mass is 10.4. The van der Waals surface area contributed by atoms with Crippen LogP contribution >= 0.6 is 11.5 Å². The molecule has 0 radical (unpaired) electrons. The summed E-state index contributed by atoms with van der Waals surface area (Å²) in [6.45, 7) is 1.74. The summed E-state index contributed by atoms with van der Waals surface area (Å²) < 4.78 is 3.68. The summed E-state index contributed by atoms with van der Waals surface area (Å²) in [4.78, 5) is 12.1. The summed E-state index contributed by atoms with van der Waals surface area (Å²) in [7, 11) is 0. The van der Waals surface area contributed by atoms with E-state index in [-0.39, 0.29) is 5.91 Å². The smallest absolute Gasteiger partial charge is 0.270 e. The monoisotopic (exact) mass is 209 g/mol. The van der Waals surface area contributed by atoms with E-state index in [0.717, 1.165) is 11.5 Å². The molecule has 0 spiro atoms. The molecule has 0 atom stereocenters. The number of carbonyl (C=O) groups excluding carboxylic acids is 1. The van der Waals surface area contributed by atoms with Crippen molar-refractivity contribution in [2.45, 2.75) is 6.92 Å². The van der Waals surface area contributed by atoms with Gasteiger partial charge in [-0.05, 0) is 18.5 Å². The third-order valence-electron chi connectivity index (χ3n) is 1.61. The average Bonchev–Trinajstić information content (AvgIpc) is 2.75. The fourth-order valence-corrected chi connectivity index (χ4v) is 1.50. The largest absolute Gasteiger partial charge is 0.306 e. The third kappa shape index (κ3) is 1.62. The zero-order chi connectivity index (χ0) is 9.97. The Balaban J connectivity index is 2.14. The number of H-pyrrole nitrogens is 1. The molecule has 72 valence electrons. The number of aromatic amines is 1. The predicted octanol–water partition coefficient (Wildman–Crippen LogP) is 0.822. The lowest BCUT2D eigenvalue weighted by Crippen LogP contribution is -2.11. The molecular weight excluding hydrogens is 202 g/mol. The Labute approximate surface area is 83.5 Å². The normalized spacial score (nSPS) is 10.1. The highest BCUT2D eigenvalue weighted by Crippen LogP contribution is 2.11. The van der Waals surface area contributed by atoms with Gasteiger partial charge in [0.2, 0.25) is 0 Å². The number of hydrogen-bond acceptors (Lipinski definition) is 5. The summed E-state index contributed by atoms with van der Waals surface area (Å²) in [6, 6.07) is 1.67. The van der Waals surface area contributed by atoms with Crippen LogP contribution in [0.1, 0.15) is 15.4 Å². The lowest BCUT2D eigenvalue weighted by Gasteiger charge is -1.98. The van der Waals surface area contributed by atoms with E-state index in [9.17, 15) is 4.79 Å². The molecule has 2 aromatic rings. The molecule has 2 aromatic heterocycles. The molecule has 0 bridgehead atoms. The number of aromatic nitrogens is 4. The van der Waals surface area contributed by atoms with E-state index in [1.807, 2.05) is 0 Å². The predicted molar refractivity (Wildman–Crippen MR) is 51.2 cm³/mol. The molecule has 0 aromatic carbocycles. The number of carbonyl (C=O) groups is 1. The molecule has 14 heavy (non-hydrogen) atoms. The molecule has 2 heterocycles. The van der Waals surface area contributed by atoms with Crippen LogP contribution in [0, 0.1) is 6.92 Å². The summed E-state index contributed by atoms with van der Waals surface area (Å²) in [5.41, 5.74) is 0.631. The molecule has 0 fully saturated rings. The number of amides is 1. The van der Waals surface area contributed by atoms with E-state index >= 15 is 0 Å². The Morgan fingerprint density at radius 2 is 2.50 bits per heavy atom. The van der Waals surface area contributed by atoms with Gasteiger partial charge in [0.1, 0.15) is 10.7 Å². The summed E-state index contributed by atoms with van der Waals surface area (Å²) in [5.74, 6) is 0.338. The van der Waals surface area contributed by atoms with Gasteiger partial charge in [0.25, 0.3) is 5.91 Å². The molecule has 7 heteroatoms. The lowest BCUT2D eigenvalue weighted by molar-refractivity contribution is 0.102. The van der Waals surface area contributed by atoms with Gasteiger partial charge < -0.3 is 5.32 Å². The van der Waals surface area contributed by atoms with Crippen LogP contribution in [0.15, 0.2) is 12.3 Å². The van der Waals surface area contributed by atoms with Gasteiger partial charge in [0.15, 0.2) is 0 Å². The molecule has 6 nitrogen and oxygen atoms in total. The molecule has 2 N–H and O–H groups in total. The molecule has 0 saturated heterocycles. The van der Waals surface area contributed by atoms with E-state index in [2.05, 4.69) is 25.1 Å². The molecule has 0 aliphatic heterocycles. The maximum Gasteiger partial charge on any atom is 0.270 e. The van der Waals surface area contributed by atoms with Crippen molar-refractivity contribution in [1.82, 2.24) is 19.8 Å². The van der Waals surface area contributed by atoms with Gasteiger partial charge in [-0.3, -0.25) is 9.89 Å². The van der Waals surface area contributed by atoms with Crippen molar-refractivity contribution in [3.63, 3.8) is 0 Å². The molecule has 2 rings (SSSR count).